The number of ether oxygens (including phenoxy) is 3. The van der Waals surface area contributed by atoms with Gasteiger partial charge in [0.1, 0.15) is 24.2 Å². The van der Waals surface area contributed by atoms with Crippen molar-refractivity contribution in [1.29, 1.82) is 0 Å². The van der Waals surface area contributed by atoms with Crippen molar-refractivity contribution >= 4 is 12.2 Å². The van der Waals surface area contributed by atoms with E-state index in [9.17, 15) is 15.3 Å². The molecule has 1 aliphatic heterocycles. The third-order valence-electron chi connectivity index (χ3n) is 14.9. The molecule has 1 fully saturated rings. The van der Waals surface area contributed by atoms with Crippen LogP contribution in [0, 0.1) is 27.7 Å². The fourth-order valence-corrected chi connectivity index (χ4v) is 9.32. The Bertz CT molecular complexity index is 2180. The molecule has 0 spiro atoms. The van der Waals surface area contributed by atoms with Crippen molar-refractivity contribution in [3.63, 3.8) is 0 Å². The minimum Gasteiger partial charge on any atom is -0.508 e. The molecule has 4 aromatic rings. The van der Waals surface area contributed by atoms with Gasteiger partial charge in [-0.25, -0.2) is 0 Å². The highest BCUT2D eigenvalue weighted by Gasteiger charge is 2.34. The number of hydrogen-bond donors (Lipinski definition) is 3. The summed E-state index contributed by atoms with van der Waals surface area (Å²) in [6.45, 7) is 31.2. The van der Waals surface area contributed by atoms with E-state index in [1.165, 1.54) is 33.4 Å². The fraction of sp³-hybridized carbons (Fsp3) is 0.525. The molecule has 1 saturated heterocycles. The van der Waals surface area contributed by atoms with Gasteiger partial charge in [-0.2, -0.15) is 0 Å². The molecule has 0 bridgehead atoms. The molecule has 6 heteroatoms. The molecular formula is C59H84O6. The number of phenols is 1. The van der Waals surface area contributed by atoms with Crippen molar-refractivity contribution in [3.05, 3.63) is 141 Å². The van der Waals surface area contributed by atoms with E-state index >= 15 is 0 Å². The third kappa shape index (κ3) is 12.8. The Balaban J connectivity index is 0.000000296. The Morgan fingerprint density at radius 1 is 0.569 bits per heavy atom. The summed E-state index contributed by atoms with van der Waals surface area (Å²) in [6.07, 6.45) is 14.8. The van der Waals surface area contributed by atoms with Crippen LogP contribution in [-0.2, 0) is 20.3 Å². The van der Waals surface area contributed by atoms with Crippen LogP contribution < -0.4 is 4.74 Å². The summed E-state index contributed by atoms with van der Waals surface area (Å²) in [4.78, 5) is 0. The number of rotatable bonds is 19. The Kier molecular flexibility index (Phi) is 18.9. The minimum atomic E-state index is -0.740. The summed E-state index contributed by atoms with van der Waals surface area (Å²) in [6, 6.07) is 26.1. The second-order valence-corrected chi connectivity index (χ2v) is 19.3. The summed E-state index contributed by atoms with van der Waals surface area (Å²) in [5.74, 6) is 1.25. The average molecular weight is 889 g/mol. The highest BCUT2D eigenvalue weighted by molar-refractivity contribution is 5.58. The van der Waals surface area contributed by atoms with E-state index in [-0.39, 0.29) is 22.5 Å². The quantitative estimate of drug-likeness (QED) is 0.0869. The maximum atomic E-state index is 10.7. The van der Waals surface area contributed by atoms with Crippen molar-refractivity contribution in [2.24, 2.45) is 0 Å². The first kappa shape index (κ1) is 53.4. The molecule has 1 heterocycles. The summed E-state index contributed by atoms with van der Waals surface area (Å²) in [5.41, 5.74) is 10.2. The van der Waals surface area contributed by atoms with Crippen LogP contribution in [0.4, 0.5) is 0 Å². The zero-order valence-electron chi connectivity index (χ0n) is 42.7. The van der Waals surface area contributed by atoms with E-state index in [4.69, 9.17) is 14.2 Å². The predicted molar refractivity (Wildman–Crippen MR) is 274 cm³/mol. The van der Waals surface area contributed by atoms with Crippen LogP contribution in [0.2, 0.25) is 0 Å². The molecule has 1 atom stereocenters. The molecule has 0 aromatic heterocycles. The van der Waals surface area contributed by atoms with Gasteiger partial charge >= 0.3 is 0 Å². The second-order valence-electron chi connectivity index (χ2n) is 19.3. The Labute approximate surface area is 394 Å². The molecule has 0 amide bonds. The van der Waals surface area contributed by atoms with Crippen LogP contribution in [-0.4, -0.2) is 58.0 Å². The van der Waals surface area contributed by atoms with Crippen LogP contribution in [0.5, 0.6) is 11.5 Å². The highest BCUT2D eigenvalue weighted by Crippen LogP contribution is 2.43. The lowest BCUT2D eigenvalue weighted by atomic mass is 9.70. The van der Waals surface area contributed by atoms with Gasteiger partial charge < -0.3 is 29.5 Å². The molecule has 65 heavy (non-hydrogen) atoms. The van der Waals surface area contributed by atoms with Crippen molar-refractivity contribution in [1.82, 2.24) is 0 Å². The van der Waals surface area contributed by atoms with E-state index in [0.717, 1.165) is 53.7 Å². The zero-order valence-corrected chi connectivity index (χ0v) is 42.7. The Morgan fingerprint density at radius 3 is 1.32 bits per heavy atom. The summed E-state index contributed by atoms with van der Waals surface area (Å²) in [7, 11) is 0. The highest BCUT2D eigenvalue weighted by atomic mass is 16.6. The summed E-state index contributed by atoms with van der Waals surface area (Å²) < 4.78 is 18.0. The molecule has 4 aromatic carbocycles. The van der Waals surface area contributed by atoms with Gasteiger partial charge in [-0.05, 0) is 161 Å². The minimum absolute atomic E-state index is 0.0429. The maximum Gasteiger partial charge on any atom is 0.122 e. The van der Waals surface area contributed by atoms with E-state index in [2.05, 4.69) is 127 Å². The smallest absolute Gasteiger partial charge is 0.122 e. The predicted octanol–water partition coefficient (Wildman–Crippen LogP) is 14.2. The molecule has 0 aliphatic carbocycles. The lowest BCUT2D eigenvalue weighted by Gasteiger charge is -2.35. The Morgan fingerprint density at radius 2 is 0.969 bits per heavy atom. The van der Waals surface area contributed by atoms with Crippen LogP contribution >= 0.6 is 0 Å². The van der Waals surface area contributed by atoms with Gasteiger partial charge in [0.2, 0.25) is 0 Å². The number of phenolic OH excluding ortho intramolecular Hbond substituents is 1. The molecule has 3 N–H and O–H groups in total. The van der Waals surface area contributed by atoms with Gasteiger partial charge in [-0.1, -0.05) is 140 Å². The number of aliphatic hydroxyl groups is 2. The van der Waals surface area contributed by atoms with Crippen LogP contribution in [0.3, 0.4) is 0 Å². The van der Waals surface area contributed by atoms with E-state index in [0.29, 0.717) is 51.3 Å². The fourth-order valence-electron chi connectivity index (χ4n) is 9.32. The van der Waals surface area contributed by atoms with Crippen LogP contribution in [0.1, 0.15) is 176 Å². The zero-order chi connectivity index (χ0) is 48.2. The maximum absolute atomic E-state index is 10.7. The van der Waals surface area contributed by atoms with E-state index in [1.807, 2.05) is 66.7 Å². The van der Waals surface area contributed by atoms with Gasteiger partial charge in [0.25, 0.3) is 0 Å². The van der Waals surface area contributed by atoms with Gasteiger partial charge in [-0.15, -0.1) is 0 Å². The normalized spacial score (nSPS) is 15.9. The monoisotopic (exact) mass is 889 g/mol. The Hall–Kier alpha value is -4.20. The van der Waals surface area contributed by atoms with Crippen LogP contribution in [0.25, 0.3) is 12.2 Å². The average Bonchev–Trinajstić information content (AvgIpc) is 3.30. The van der Waals surface area contributed by atoms with Crippen molar-refractivity contribution < 1.29 is 29.5 Å². The first-order chi connectivity index (χ1) is 30.8. The summed E-state index contributed by atoms with van der Waals surface area (Å²) >= 11 is 0. The summed E-state index contributed by atoms with van der Waals surface area (Å²) in [5, 5.41) is 31.1. The third-order valence-corrected chi connectivity index (χ3v) is 14.9. The van der Waals surface area contributed by atoms with Crippen molar-refractivity contribution in [3.8, 4) is 11.5 Å². The van der Waals surface area contributed by atoms with Crippen molar-refractivity contribution in [2.45, 2.75) is 182 Å². The second kappa shape index (κ2) is 23.0. The molecule has 0 radical (unpaired) electrons. The largest absolute Gasteiger partial charge is 0.508 e. The lowest BCUT2D eigenvalue weighted by Crippen LogP contribution is -2.44. The number of benzene rings is 4. The lowest BCUT2D eigenvalue weighted by molar-refractivity contribution is -0.181. The molecular weight excluding hydrogens is 805 g/mol. The molecule has 1 unspecified atom stereocenters. The standard InChI is InChI=1S/C33H48O4.C26H36O2/c1-9-32(34,10-2)18-17-26-13-14-27(19-24(26)5)33(11-3,12-4)28-15-16-30(25(6)20-28)35-21-29-22-37-31(7,8)23-36-29;1-7-25(28,8-2)16-15-21-11-12-22(17-19(21)5)26(9-3,10-4)23-13-14-24(27)20(6)18-23/h13-20,29,34H,9-12,21-23H2,1-8H3;11-18,27-28H,7-10H2,1-6H3/b18-17+;16-15+. The SMILES string of the molecule is CCC(O)(/C=C/c1ccc(C(CC)(CC)c2ccc(O)c(C)c2)cc1C)CC.CCC(O)(/C=C/c1ccc(C(CC)(CC)c2ccc(OCC3COC(C)(C)CO3)c(C)c2)cc1C)CC. The molecule has 6 nitrogen and oxygen atoms in total. The van der Waals surface area contributed by atoms with Gasteiger partial charge in [0, 0.05) is 10.8 Å². The molecule has 1 aliphatic rings. The number of aromatic hydroxyl groups is 1. The number of hydrogen-bond acceptors (Lipinski definition) is 6. The van der Waals surface area contributed by atoms with Gasteiger partial charge in [-0.3, -0.25) is 0 Å². The number of aryl methyl sites for hydroxylation is 4. The van der Waals surface area contributed by atoms with Gasteiger partial charge in [0.15, 0.2) is 0 Å². The van der Waals surface area contributed by atoms with Crippen LogP contribution in [0.15, 0.2) is 84.9 Å². The van der Waals surface area contributed by atoms with E-state index < -0.39 is 11.2 Å². The topological polar surface area (TPSA) is 88.4 Å². The molecule has 5 rings (SSSR count). The molecule has 356 valence electrons. The first-order valence-electron chi connectivity index (χ1n) is 24.6. The molecule has 0 saturated carbocycles. The van der Waals surface area contributed by atoms with Gasteiger partial charge in [0.05, 0.1) is 30.0 Å². The van der Waals surface area contributed by atoms with E-state index in [1.54, 1.807) is 0 Å². The first-order valence-corrected chi connectivity index (χ1v) is 24.6. The van der Waals surface area contributed by atoms with Crippen molar-refractivity contribution in [2.75, 3.05) is 19.8 Å².